The van der Waals surface area contributed by atoms with Gasteiger partial charge in [0.1, 0.15) is 6.10 Å². The topological polar surface area (TPSA) is 36.3 Å². The Morgan fingerprint density at radius 3 is 3.14 bits per heavy atom. The minimum Gasteiger partial charge on any atom is -0.376 e. The van der Waals surface area contributed by atoms with Crippen molar-refractivity contribution >= 4 is 0 Å². The molecule has 0 saturated carbocycles. The zero-order valence-corrected chi connectivity index (χ0v) is 8.48. The van der Waals surface area contributed by atoms with E-state index in [1.807, 2.05) is 16.9 Å². The number of hydrogen-bond acceptors (Lipinski definition) is 3. The highest BCUT2D eigenvalue weighted by molar-refractivity contribution is 4.98. The molecule has 1 saturated heterocycles. The van der Waals surface area contributed by atoms with E-state index < -0.39 is 0 Å². The first-order chi connectivity index (χ1) is 6.88. The van der Waals surface area contributed by atoms with E-state index in [0.717, 1.165) is 25.3 Å². The van der Waals surface area contributed by atoms with Gasteiger partial charge in [-0.15, -0.1) is 0 Å². The summed E-state index contributed by atoms with van der Waals surface area (Å²) in [6, 6.07) is 2.05. The van der Waals surface area contributed by atoms with E-state index in [9.17, 15) is 0 Å². The number of nitrogens with zero attached hydrogens (tertiary/aromatic N) is 2. The fourth-order valence-corrected chi connectivity index (χ4v) is 1.54. The van der Waals surface area contributed by atoms with E-state index in [0.29, 0.717) is 13.2 Å². The first kappa shape index (κ1) is 9.68. The molecule has 0 bridgehead atoms. The van der Waals surface area contributed by atoms with E-state index in [4.69, 9.17) is 9.47 Å². The summed E-state index contributed by atoms with van der Waals surface area (Å²) in [5, 5.41) is 4.40. The van der Waals surface area contributed by atoms with Crippen LogP contribution in [0.2, 0.25) is 0 Å². The molecule has 78 valence electrons. The Labute approximate surface area is 83.8 Å². The monoisotopic (exact) mass is 196 g/mol. The molecule has 1 unspecified atom stereocenters. The number of aryl methyl sites for hydroxylation is 1. The summed E-state index contributed by atoms with van der Waals surface area (Å²) in [7, 11) is 0. The normalized spacial score (nSPS) is 22.5. The third-order valence-corrected chi connectivity index (χ3v) is 2.33. The van der Waals surface area contributed by atoms with Gasteiger partial charge in [-0.1, -0.05) is 6.92 Å². The van der Waals surface area contributed by atoms with Gasteiger partial charge >= 0.3 is 0 Å². The average molecular weight is 196 g/mol. The molecule has 1 atom stereocenters. The highest BCUT2D eigenvalue weighted by Gasteiger charge is 2.14. The number of ether oxygens (including phenoxy) is 2. The van der Waals surface area contributed by atoms with Crippen LogP contribution in [0.5, 0.6) is 0 Å². The van der Waals surface area contributed by atoms with Crippen LogP contribution < -0.4 is 0 Å². The van der Waals surface area contributed by atoms with Gasteiger partial charge in [0.15, 0.2) is 0 Å². The van der Waals surface area contributed by atoms with Crippen LogP contribution in [0, 0.1) is 0 Å². The Kier molecular flexibility index (Phi) is 3.16. The van der Waals surface area contributed by atoms with Crippen LogP contribution in [-0.2, 0) is 22.4 Å². The third kappa shape index (κ3) is 2.33. The molecule has 0 N–H and O–H groups in total. The fourth-order valence-electron chi connectivity index (χ4n) is 1.54. The maximum absolute atomic E-state index is 5.54. The van der Waals surface area contributed by atoms with Crippen LogP contribution in [0.4, 0.5) is 0 Å². The molecule has 4 nitrogen and oxygen atoms in total. The lowest BCUT2D eigenvalue weighted by Crippen LogP contribution is -2.32. The molecular weight excluding hydrogens is 180 g/mol. The lowest BCUT2D eigenvalue weighted by Gasteiger charge is -2.22. The first-order valence-corrected chi connectivity index (χ1v) is 5.10. The second-order valence-corrected chi connectivity index (χ2v) is 3.45. The lowest BCUT2D eigenvalue weighted by molar-refractivity contribution is -0.0946. The molecule has 14 heavy (non-hydrogen) atoms. The number of aromatic nitrogens is 2. The van der Waals surface area contributed by atoms with Crippen LogP contribution in [0.3, 0.4) is 0 Å². The van der Waals surface area contributed by atoms with Gasteiger partial charge in [-0.25, -0.2) is 0 Å². The van der Waals surface area contributed by atoms with Gasteiger partial charge in [0.25, 0.3) is 0 Å². The van der Waals surface area contributed by atoms with Crippen molar-refractivity contribution in [2.24, 2.45) is 0 Å². The molecular formula is C10H16N2O2. The van der Waals surface area contributed by atoms with Crippen molar-refractivity contribution in [3.05, 3.63) is 18.0 Å². The quantitative estimate of drug-likeness (QED) is 0.719. The summed E-state index contributed by atoms with van der Waals surface area (Å²) in [5.41, 5.74) is 1.13. The van der Waals surface area contributed by atoms with Gasteiger partial charge in [-0.05, 0) is 12.5 Å². The first-order valence-electron chi connectivity index (χ1n) is 5.10. The van der Waals surface area contributed by atoms with Crippen molar-refractivity contribution in [2.75, 3.05) is 19.8 Å². The van der Waals surface area contributed by atoms with Crippen LogP contribution in [0.15, 0.2) is 12.3 Å². The summed E-state index contributed by atoms with van der Waals surface area (Å²) in [6.45, 7) is 5.00. The van der Waals surface area contributed by atoms with Crippen LogP contribution in [0.1, 0.15) is 12.6 Å². The summed E-state index contributed by atoms with van der Waals surface area (Å²) in [5.74, 6) is 0. The molecule has 1 aliphatic heterocycles. The second-order valence-electron chi connectivity index (χ2n) is 3.45. The molecule has 1 aromatic rings. The predicted molar refractivity (Wildman–Crippen MR) is 52.2 cm³/mol. The van der Waals surface area contributed by atoms with Crippen molar-refractivity contribution in [1.29, 1.82) is 0 Å². The third-order valence-electron chi connectivity index (χ3n) is 2.33. The minimum atomic E-state index is 0.161. The minimum absolute atomic E-state index is 0.161. The Hall–Kier alpha value is -0.870. The molecule has 0 aliphatic carbocycles. The standard InChI is InChI=1S/C10H16N2O2/c1-2-9-3-4-12(11-9)7-10-8-13-5-6-14-10/h3-4,10H,2,5-8H2,1H3. The van der Waals surface area contributed by atoms with Gasteiger partial charge in [0, 0.05) is 6.20 Å². The molecule has 1 aromatic heterocycles. The molecule has 2 rings (SSSR count). The van der Waals surface area contributed by atoms with Crippen molar-refractivity contribution in [3.63, 3.8) is 0 Å². The van der Waals surface area contributed by atoms with E-state index in [2.05, 4.69) is 12.0 Å². The van der Waals surface area contributed by atoms with Crippen LogP contribution in [0.25, 0.3) is 0 Å². The van der Waals surface area contributed by atoms with Gasteiger partial charge in [-0.2, -0.15) is 5.10 Å². The van der Waals surface area contributed by atoms with Gasteiger partial charge in [0.2, 0.25) is 0 Å². The highest BCUT2D eigenvalue weighted by atomic mass is 16.6. The van der Waals surface area contributed by atoms with Gasteiger partial charge in [-0.3, -0.25) is 4.68 Å². The Morgan fingerprint density at radius 2 is 2.50 bits per heavy atom. The molecule has 1 aliphatic rings. The zero-order chi connectivity index (χ0) is 9.80. The Bertz CT molecular complexity index is 279. The summed E-state index contributed by atoms with van der Waals surface area (Å²) >= 11 is 0. The predicted octanol–water partition coefficient (Wildman–Crippen LogP) is 0.861. The molecule has 4 heteroatoms. The maximum Gasteiger partial charge on any atom is 0.100 e. The van der Waals surface area contributed by atoms with E-state index in [1.165, 1.54) is 0 Å². The smallest absolute Gasteiger partial charge is 0.100 e. The Balaban J connectivity index is 1.89. The van der Waals surface area contributed by atoms with E-state index in [1.54, 1.807) is 0 Å². The fraction of sp³-hybridized carbons (Fsp3) is 0.700. The average Bonchev–Trinajstić information content (AvgIpc) is 2.67. The maximum atomic E-state index is 5.54. The second kappa shape index (κ2) is 4.57. The van der Waals surface area contributed by atoms with E-state index >= 15 is 0 Å². The number of rotatable bonds is 3. The highest BCUT2D eigenvalue weighted by Crippen LogP contribution is 2.04. The van der Waals surface area contributed by atoms with Crippen molar-refractivity contribution in [3.8, 4) is 0 Å². The molecule has 0 spiro atoms. The molecule has 0 amide bonds. The van der Waals surface area contributed by atoms with Gasteiger partial charge < -0.3 is 9.47 Å². The summed E-state index contributed by atoms with van der Waals surface area (Å²) < 4.78 is 12.8. The van der Waals surface area contributed by atoms with Crippen molar-refractivity contribution in [1.82, 2.24) is 9.78 Å². The van der Waals surface area contributed by atoms with Gasteiger partial charge in [0.05, 0.1) is 32.1 Å². The zero-order valence-electron chi connectivity index (χ0n) is 8.48. The molecule has 2 heterocycles. The summed E-state index contributed by atoms with van der Waals surface area (Å²) in [6.07, 6.45) is 3.14. The summed E-state index contributed by atoms with van der Waals surface area (Å²) in [4.78, 5) is 0. The largest absolute Gasteiger partial charge is 0.376 e. The molecule has 0 radical (unpaired) electrons. The lowest BCUT2D eigenvalue weighted by atomic mass is 10.3. The van der Waals surface area contributed by atoms with Crippen molar-refractivity contribution < 1.29 is 9.47 Å². The SMILES string of the molecule is CCc1ccn(CC2COCCO2)n1. The molecule has 1 fully saturated rings. The van der Waals surface area contributed by atoms with Crippen LogP contribution >= 0.6 is 0 Å². The number of hydrogen-bond donors (Lipinski definition) is 0. The van der Waals surface area contributed by atoms with Crippen molar-refractivity contribution in [2.45, 2.75) is 26.0 Å². The van der Waals surface area contributed by atoms with E-state index in [-0.39, 0.29) is 6.10 Å². The van der Waals surface area contributed by atoms with Crippen LogP contribution in [-0.4, -0.2) is 35.7 Å². The molecule has 0 aromatic carbocycles. The Morgan fingerprint density at radius 1 is 1.57 bits per heavy atom.